The molecule has 3 rings (SSSR count). The van der Waals surface area contributed by atoms with Crippen molar-refractivity contribution < 1.29 is 4.79 Å². The van der Waals surface area contributed by atoms with Crippen molar-refractivity contribution >= 4 is 17.6 Å². The van der Waals surface area contributed by atoms with Gasteiger partial charge in [0.2, 0.25) is 0 Å². The topological polar surface area (TPSA) is 71.8 Å². The number of benzene rings is 1. The zero-order valence-corrected chi connectivity index (χ0v) is 14.6. The summed E-state index contributed by atoms with van der Waals surface area (Å²) in [7, 11) is 1.86. The maximum atomic E-state index is 12.4. The summed E-state index contributed by atoms with van der Waals surface area (Å²) < 4.78 is 1.80. The van der Waals surface area contributed by atoms with Gasteiger partial charge in [0.1, 0.15) is 6.33 Å². The van der Waals surface area contributed by atoms with E-state index in [2.05, 4.69) is 20.8 Å². The van der Waals surface area contributed by atoms with Crippen LogP contribution in [0.2, 0.25) is 5.02 Å². The molecule has 2 aromatic rings. The predicted molar refractivity (Wildman–Crippen MR) is 92.6 cm³/mol. The number of nitrogens with one attached hydrogen (secondary N) is 2. The monoisotopic (exact) mass is 347 g/mol. The molecule has 0 spiro atoms. The Hall–Kier alpha value is -2.08. The van der Waals surface area contributed by atoms with E-state index in [-0.39, 0.29) is 18.1 Å². The minimum atomic E-state index is -0.218. The van der Waals surface area contributed by atoms with Crippen LogP contribution in [0, 0.1) is 5.92 Å². The molecule has 2 atom stereocenters. The van der Waals surface area contributed by atoms with Gasteiger partial charge in [-0.2, -0.15) is 0 Å². The molecule has 0 aliphatic heterocycles. The highest BCUT2D eigenvalue weighted by atomic mass is 35.5. The largest absolute Gasteiger partial charge is 0.331 e. The number of rotatable bonds is 5. The van der Waals surface area contributed by atoms with E-state index in [0.29, 0.717) is 10.9 Å². The highest BCUT2D eigenvalue weighted by Crippen LogP contribution is 2.38. The molecule has 0 bridgehead atoms. The van der Waals surface area contributed by atoms with Gasteiger partial charge in [-0.25, -0.2) is 4.79 Å². The second kappa shape index (κ2) is 7.21. The van der Waals surface area contributed by atoms with Crippen molar-refractivity contribution in [2.75, 3.05) is 0 Å². The molecule has 1 aromatic carbocycles. The van der Waals surface area contributed by atoms with Gasteiger partial charge >= 0.3 is 6.03 Å². The molecular weight excluding hydrogens is 326 g/mol. The Morgan fingerprint density at radius 3 is 2.54 bits per heavy atom. The summed E-state index contributed by atoms with van der Waals surface area (Å²) in [6.07, 6.45) is 5.10. The van der Waals surface area contributed by atoms with E-state index in [9.17, 15) is 4.79 Å². The number of aromatic nitrogens is 3. The molecule has 2 amide bonds. The lowest BCUT2D eigenvalue weighted by Crippen LogP contribution is -2.43. The molecule has 0 unspecified atom stereocenters. The number of hydrogen-bond donors (Lipinski definition) is 2. The Morgan fingerprint density at radius 1 is 1.29 bits per heavy atom. The van der Waals surface area contributed by atoms with Crippen molar-refractivity contribution in [2.24, 2.45) is 13.0 Å². The Balaban J connectivity index is 1.67. The maximum absolute atomic E-state index is 12.4. The first kappa shape index (κ1) is 16.8. The van der Waals surface area contributed by atoms with Crippen LogP contribution in [-0.4, -0.2) is 20.8 Å². The SMILES string of the molecule is C[C@H](NC(=O)N[C@@H](c1ccc(Cl)cc1)C1CCC1)c1nncn1C. The lowest BCUT2D eigenvalue weighted by Gasteiger charge is -2.35. The summed E-state index contributed by atoms with van der Waals surface area (Å²) in [4.78, 5) is 12.4. The first-order chi connectivity index (χ1) is 11.5. The minimum Gasteiger partial charge on any atom is -0.331 e. The number of hydrogen-bond acceptors (Lipinski definition) is 3. The van der Waals surface area contributed by atoms with Gasteiger partial charge in [0.05, 0.1) is 12.1 Å². The van der Waals surface area contributed by atoms with Crippen LogP contribution < -0.4 is 10.6 Å². The normalized spacial score (nSPS) is 17.0. The van der Waals surface area contributed by atoms with E-state index in [1.165, 1.54) is 6.42 Å². The maximum Gasteiger partial charge on any atom is 0.315 e. The number of amides is 2. The van der Waals surface area contributed by atoms with Crippen LogP contribution in [0.4, 0.5) is 4.79 Å². The number of urea groups is 1. The molecule has 6 nitrogen and oxygen atoms in total. The first-order valence-corrected chi connectivity index (χ1v) is 8.59. The first-order valence-electron chi connectivity index (χ1n) is 8.21. The number of aryl methyl sites for hydroxylation is 1. The van der Waals surface area contributed by atoms with Gasteiger partial charge in [0.15, 0.2) is 5.82 Å². The number of halogens is 1. The number of nitrogens with zero attached hydrogens (tertiary/aromatic N) is 3. The van der Waals surface area contributed by atoms with Crippen LogP contribution >= 0.6 is 11.6 Å². The molecule has 0 saturated heterocycles. The average Bonchev–Trinajstić information content (AvgIpc) is 2.92. The van der Waals surface area contributed by atoms with Crippen molar-refractivity contribution in [1.82, 2.24) is 25.4 Å². The predicted octanol–water partition coefficient (Wildman–Crippen LogP) is 3.37. The molecule has 1 fully saturated rings. The fourth-order valence-corrected chi connectivity index (χ4v) is 3.17. The fraction of sp³-hybridized carbons (Fsp3) is 0.471. The highest BCUT2D eigenvalue weighted by molar-refractivity contribution is 6.30. The third kappa shape index (κ3) is 3.70. The van der Waals surface area contributed by atoms with Crippen LogP contribution in [0.5, 0.6) is 0 Å². The summed E-state index contributed by atoms with van der Waals surface area (Å²) in [5, 5.41) is 14.6. The highest BCUT2D eigenvalue weighted by Gasteiger charge is 2.30. The Morgan fingerprint density at radius 2 is 2.00 bits per heavy atom. The summed E-state index contributed by atoms with van der Waals surface area (Å²) >= 11 is 5.98. The van der Waals surface area contributed by atoms with Crippen LogP contribution in [0.1, 0.15) is 49.7 Å². The standard InChI is InChI=1S/C17H22ClN5O/c1-11(16-22-19-10-23(16)2)20-17(24)21-15(12-4-3-5-12)13-6-8-14(18)9-7-13/h6-12,15H,3-5H2,1-2H3,(H2,20,21,24)/t11-,15+/m0/s1. The second-order valence-corrected chi connectivity index (χ2v) is 6.80. The zero-order valence-electron chi connectivity index (χ0n) is 13.9. The molecule has 24 heavy (non-hydrogen) atoms. The molecule has 128 valence electrons. The molecule has 0 radical (unpaired) electrons. The van der Waals surface area contributed by atoms with Gasteiger partial charge in [-0.05, 0) is 43.4 Å². The van der Waals surface area contributed by atoms with Crippen molar-refractivity contribution in [3.8, 4) is 0 Å². The summed E-state index contributed by atoms with van der Waals surface area (Å²) in [6.45, 7) is 1.89. The molecule has 1 saturated carbocycles. The summed E-state index contributed by atoms with van der Waals surface area (Å²) in [5.41, 5.74) is 1.09. The Bertz CT molecular complexity index is 695. The van der Waals surface area contributed by atoms with Gasteiger partial charge < -0.3 is 15.2 Å². The van der Waals surface area contributed by atoms with Crippen molar-refractivity contribution in [1.29, 1.82) is 0 Å². The summed E-state index contributed by atoms with van der Waals surface area (Å²) in [6, 6.07) is 7.29. The lowest BCUT2D eigenvalue weighted by atomic mass is 9.77. The van der Waals surface area contributed by atoms with E-state index in [0.717, 1.165) is 24.2 Å². The second-order valence-electron chi connectivity index (χ2n) is 6.36. The average molecular weight is 348 g/mol. The van der Waals surface area contributed by atoms with Gasteiger partial charge in [-0.3, -0.25) is 0 Å². The quantitative estimate of drug-likeness (QED) is 0.871. The fourth-order valence-electron chi connectivity index (χ4n) is 3.04. The molecule has 1 aromatic heterocycles. The third-order valence-electron chi connectivity index (χ3n) is 4.62. The molecule has 2 N–H and O–H groups in total. The van der Waals surface area contributed by atoms with Crippen LogP contribution in [0.3, 0.4) is 0 Å². The van der Waals surface area contributed by atoms with E-state index in [1.807, 2.05) is 38.2 Å². The third-order valence-corrected chi connectivity index (χ3v) is 4.87. The van der Waals surface area contributed by atoms with Crippen molar-refractivity contribution in [3.05, 3.63) is 47.0 Å². The van der Waals surface area contributed by atoms with E-state index >= 15 is 0 Å². The molecular formula is C17H22ClN5O. The van der Waals surface area contributed by atoms with Crippen LogP contribution in [0.25, 0.3) is 0 Å². The number of carbonyl (C=O) groups excluding carboxylic acids is 1. The van der Waals surface area contributed by atoms with Crippen molar-refractivity contribution in [2.45, 2.75) is 38.3 Å². The van der Waals surface area contributed by atoms with Crippen LogP contribution in [0.15, 0.2) is 30.6 Å². The zero-order chi connectivity index (χ0) is 17.1. The van der Waals surface area contributed by atoms with Gasteiger partial charge in [0.25, 0.3) is 0 Å². The molecule has 1 aliphatic rings. The van der Waals surface area contributed by atoms with E-state index < -0.39 is 0 Å². The lowest BCUT2D eigenvalue weighted by molar-refractivity contribution is 0.205. The van der Waals surface area contributed by atoms with E-state index in [4.69, 9.17) is 11.6 Å². The van der Waals surface area contributed by atoms with Crippen molar-refractivity contribution in [3.63, 3.8) is 0 Å². The summed E-state index contributed by atoms with van der Waals surface area (Å²) in [5.74, 6) is 1.19. The van der Waals surface area contributed by atoms with Gasteiger partial charge in [-0.1, -0.05) is 30.2 Å². The Labute approximate surface area is 146 Å². The minimum absolute atomic E-state index is 0.00251. The van der Waals surface area contributed by atoms with Gasteiger partial charge in [-0.15, -0.1) is 10.2 Å². The van der Waals surface area contributed by atoms with E-state index in [1.54, 1.807) is 10.9 Å². The smallest absolute Gasteiger partial charge is 0.315 e. The molecule has 7 heteroatoms. The molecule has 1 heterocycles. The van der Waals surface area contributed by atoms with Crippen LogP contribution in [-0.2, 0) is 7.05 Å². The Kier molecular flexibility index (Phi) is 5.04. The number of carbonyl (C=O) groups is 1. The molecule has 1 aliphatic carbocycles. The van der Waals surface area contributed by atoms with Gasteiger partial charge in [0, 0.05) is 12.1 Å².